The fourth-order valence-corrected chi connectivity index (χ4v) is 6.03. The van der Waals surface area contributed by atoms with E-state index in [2.05, 4.69) is 26.0 Å². The summed E-state index contributed by atoms with van der Waals surface area (Å²) in [6.07, 6.45) is 24.6. The van der Waals surface area contributed by atoms with Gasteiger partial charge in [-0.15, -0.1) is 0 Å². The Balaban J connectivity index is 1.35. The van der Waals surface area contributed by atoms with Crippen LogP contribution in [0.3, 0.4) is 0 Å². The average Bonchev–Trinajstić information content (AvgIpc) is 2.85. The van der Waals surface area contributed by atoms with Crippen LogP contribution in [0.15, 0.2) is 29.8 Å². The van der Waals surface area contributed by atoms with E-state index < -0.39 is 0 Å². The maximum atomic E-state index is 14.4. The molecule has 1 nitrogen and oxygen atoms in total. The molecule has 0 radical (unpaired) electrons. The number of benzene rings is 1. The molecule has 2 heteroatoms. The van der Waals surface area contributed by atoms with E-state index in [1.165, 1.54) is 83.5 Å². The lowest BCUT2D eigenvalue weighted by Crippen LogP contribution is -2.23. The minimum Gasteiger partial charge on any atom is -0.491 e. The highest BCUT2D eigenvalue weighted by Crippen LogP contribution is 2.41. The number of hydrogen-bond acceptors (Lipinski definition) is 1. The number of allylic oxidation sites excluding steroid dienone is 2. The molecular weight excluding hydrogens is 407 g/mol. The summed E-state index contributed by atoms with van der Waals surface area (Å²) in [6.45, 7) is 5.12. The summed E-state index contributed by atoms with van der Waals surface area (Å²) in [5.41, 5.74) is 2.69. The van der Waals surface area contributed by atoms with Crippen molar-refractivity contribution in [1.29, 1.82) is 0 Å². The zero-order valence-corrected chi connectivity index (χ0v) is 21.6. The smallest absolute Gasteiger partial charge is 0.165 e. The van der Waals surface area contributed by atoms with E-state index >= 15 is 0 Å². The molecule has 1 aromatic rings. The first-order valence-electron chi connectivity index (χ1n) is 14.3. The fourth-order valence-electron chi connectivity index (χ4n) is 6.03. The molecule has 186 valence electrons. The van der Waals surface area contributed by atoms with Gasteiger partial charge >= 0.3 is 0 Å². The van der Waals surface area contributed by atoms with Crippen molar-refractivity contribution in [1.82, 2.24) is 0 Å². The van der Waals surface area contributed by atoms with E-state index in [0.717, 1.165) is 49.0 Å². The highest BCUT2D eigenvalue weighted by molar-refractivity contribution is 5.30. The molecule has 0 bridgehead atoms. The average molecular weight is 457 g/mol. The maximum Gasteiger partial charge on any atom is 0.165 e. The van der Waals surface area contributed by atoms with Crippen LogP contribution in [0.25, 0.3) is 0 Å². The molecule has 0 saturated heterocycles. The van der Waals surface area contributed by atoms with Gasteiger partial charge in [0.1, 0.15) is 0 Å². The van der Waals surface area contributed by atoms with Crippen LogP contribution in [-0.2, 0) is 6.42 Å². The minimum atomic E-state index is -0.203. The van der Waals surface area contributed by atoms with Crippen LogP contribution >= 0.6 is 0 Å². The van der Waals surface area contributed by atoms with Gasteiger partial charge in [-0.1, -0.05) is 89.4 Å². The monoisotopic (exact) mass is 456 g/mol. The second-order valence-corrected chi connectivity index (χ2v) is 10.8. The van der Waals surface area contributed by atoms with Crippen molar-refractivity contribution in [3.8, 4) is 5.75 Å². The molecule has 0 aliphatic heterocycles. The van der Waals surface area contributed by atoms with Gasteiger partial charge in [0.2, 0.25) is 0 Å². The van der Waals surface area contributed by atoms with E-state index in [1.54, 1.807) is 11.6 Å². The van der Waals surface area contributed by atoms with Crippen LogP contribution < -0.4 is 4.74 Å². The lowest BCUT2D eigenvalue weighted by atomic mass is 9.70. The second-order valence-electron chi connectivity index (χ2n) is 10.8. The third-order valence-corrected chi connectivity index (χ3v) is 8.31. The Hall–Kier alpha value is -1.31. The van der Waals surface area contributed by atoms with Crippen molar-refractivity contribution in [3.05, 3.63) is 41.2 Å². The van der Waals surface area contributed by atoms with Gasteiger partial charge in [-0.05, 0) is 86.8 Å². The van der Waals surface area contributed by atoms with Gasteiger partial charge in [-0.25, -0.2) is 4.39 Å². The summed E-state index contributed by atoms with van der Waals surface area (Å²) in [5, 5.41) is 0. The van der Waals surface area contributed by atoms with Crippen LogP contribution in [0.5, 0.6) is 5.75 Å². The summed E-state index contributed by atoms with van der Waals surface area (Å²) >= 11 is 0. The number of hydrogen-bond donors (Lipinski definition) is 0. The first-order valence-corrected chi connectivity index (χ1v) is 14.3. The molecule has 0 aromatic heterocycles. The molecule has 2 aliphatic rings. The summed E-state index contributed by atoms with van der Waals surface area (Å²) < 4.78 is 20.1. The Kier molecular flexibility index (Phi) is 11.8. The maximum absolute atomic E-state index is 14.4. The Morgan fingerprint density at radius 1 is 0.848 bits per heavy atom. The topological polar surface area (TPSA) is 9.23 Å². The van der Waals surface area contributed by atoms with E-state index in [-0.39, 0.29) is 5.82 Å². The fraction of sp³-hybridized carbons (Fsp3) is 0.742. The molecular formula is C31H49FO. The molecule has 1 fully saturated rings. The molecule has 1 aromatic carbocycles. The van der Waals surface area contributed by atoms with Crippen molar-refractivity contribution in [2.45, 2.75) is 123 Å². The molecule has 0 heterocycles. The Bertz CT molecular complexity index is 701. The van der Waals surface area contributed by atoms with Gasteiger partial charge < -0.3 is 4.74 Å². The molecule has 1 atom stereocenters. The predicted molar refractivity (Wildman–Crippen MR) is 139 cm³/mol. The van der Waals surface area contributed by atoms with Crippen LogP contribution in [0.2, 0.25) is 0 Å². The standard InChI is InChI=1S/C31H49FO/c1-3-5-7-9-23-33-31-22-17-27(24-30(31)32)12-11-26-15-20-29(21-16-26)28-18-13-25(14-19-28)10-8-6-4-2/h15,17,22,24-25,28-29H,3-14,16,18-21,23H2,1-2H3. The van der Waals surface area contributed by atoms with Crippen LogP contribution in [-0.4, -0.2) is 6.61 Å². The molecule has 2 aliphatic carbocycles. The van der Waals surface area contributed by atoms with Gasteiger partial charge in [-0.3, -0.25) is 0 Å². The molecule has 0 N–H and O–H groups in total. The third-order valence-electron chi connectivity index (χ3n) is 8.31. The predicted octanol–water partition coefficient (Wildman–Crippen LogP) is 9.83. The quantitative estimate of drug-likeness (QED) is 0.200. The lowest BCUT2D eigenvalue weighted by molar-refractivity contribution is 0.185. The van der Waals surface area contributed by atoms with E-state index in [1.807, 2.05) is 6.07 Å². The first-order chi connectivity index (χ1) is 16.2. The van der Waals surface area contributed by atoms with Crippen molar-refractivity contribution < 1.29 is 9.13 Å². The number of halogens is 1. The van der Waals surface area contributed by atoms with Gasteiger partial charge in [0.25, 0.3) is 0 Å². The number of unbranched alkanes of at least 4 members (excludes halogenated alkanes) is 5. The van der Waals surface area contributed by atoms with Crippen molar-refractivity contribution in [2.75, 3.05) is 6.61 Å². The Labute approximate surface area is 203 Å². The zero-order chi connectivity index (χ0) is 23.3. The molecule has 1 saturated carbocycles. The van der Waals surface area contributed by atoms with Crippen molar-refractivity contribution >= 4 is 0 Å². The SMILES string of the molecule is CCCCCCOc1ccc(CCC2=CCC(C3CCC(CCCCC)CC3)CC2)cc1F. The Morgan fingerprint density at radius 3 is 2.33 bits per heavy atom. The number of rotatable bonds is 14. The minimum absolute atomic E-state index is 0.203. The van der Waals surface area contributed by atoms with E-state index in [4.69, 9.17) is 4.74 Å². The summed E-state index contributed by atoms with van der Waals surface area (Å²) in [6, 6.07) is 5.57. The zero-order valence-electron chi connectivity index (χ0n) is 21.6. The third kappa shape index (κ3) is 9.10. The van der Waals surface area contributed by atoms with Crippen LogP contribution in [0.4, 0.5) is 4.39 Å². The number of aryl methyl sites for hydroxylation is 1. The largest absolute Gasteiger partial charge is 0.491 e. The lowest BCUT2D eigenvalue weighted by Gasteiger charge is -2.35. The van der Waals surface area contributed by atoms with Crippen LogP contribution in [0.1, 0.15) is 122 Å². The van der Waals surface area contributed by atoms with Gasteiger partial charge in [0.05, 0.1) is 6.61 Å². The highest BCUT2D eigenvalue weighted by atomic mass is 19.1. The Morgan fingerprint density at radius 2 is 1.64 bits per heavy atom. The first kappa shape index (κ1) is 26.3. The molecule has 1 unspecified atom stereocenters. The second kappa shape index (κ2) is 14.8. The number of ether oxygens (including phenoxy) is 1. The van der Waals surface area contributed by atoms with Gasteiger partial charge in [-0.2, -0.15) is 0 Å². The van der Waals surface area contributed by atoms with Crippen LogP contribution in [0, 0.1) is 23.6 Å². The van der Waals surface area contributed by atoms with E-state index in [0.29, 0.717) is 12.4 Å². The summed E-state index contributed by atoms with van der Waals surface area (Å²) in [7, 11) is 0. The molecule has 0 spiro atoms. The molecule has 0 amide bonds. The van der Waals surface area contributed by atoms with Gasteiger partial charge in [0, 0.05) is 0 Å². The molecule has 33 heavy (non-hydrogen) atoms. The van der Waals surface area contributed by atoms with E-state index in [9.17, 15) is 4.39 Å². The summed E-state index contributed by atoms with van der Waals surface area (Å²) in [5.74, 6) is 3.10. The molecule has 3 rings (SSSR count). The van der Waals surface area contributed by atoms with Crippen molar-refractivity contribution in [2.24, 2.45) is 17.8 Å². The highest BCUT2D eigenvalue weighted by Gasteiger charge is 2.28. The van der Waals surface area contributed by atoms with Gasteiger partial charge in [0.15, 0.2) is 11.6 Å². The normalized spacial score (nSPS) is 23.4. The van der Waals surface area contributed by atoms with Crippen molar-refractivity contribution in [3.63, 3.8) is 0 Å². The summed E-state index contributed by atoms with van der Waals surface area (Å²) in [4.78, 5) is 0.